The number of carbonyl (C=O) groups is 1. The number of amides is 1. The molecule has 1 saturated heterocycles. The molecular formula is C16H18FNO3. The average Bonchev–Trinajstić information content (AvgIpc) is 3.00. The Kier molecular flexibility index (Phi) is 5.73. The molecule has 2 N–H and O–H groups in total. The van der Waals surface area contributed by atoms with Crippen molar-refractivity contribution in [1.82, 2.24) is 5.32 Å². The molecule has 1 atom stereocenters. The van der Waals surface area contributed by atoms with Gasteiger partial charge in [0.1, 0.15) is 5.82 Å². The van der Waals surface area contributed by atoms with E-state index in [0.29, 0.717) is 37.7 Å². The summed E-state index contributed by atoms with van der Waals surface area (Å²) >= 11 is 0. The number of aliphatic hydroxyl groups is 1. The van der Waals surface area contributed by atoms with Gasteiger partial charge in [-0.3, -0.25) is 4.79 Å². The topological polar surface area (TPSA) is 58.6 Å². The molecule has 112 valence electrons. The highest BCUT2D eigenvalue weighted by molar-refractivity contribution is 5.94. The first-order chi connectivity index (χ1) is 10.2. The quantitative estimate of drug-likeness (QED) is 0.823. The molecule has 1 heterocycles. The van der Waals surface area contributed by atoms with Gasteiger partial charge in [0.05, 0.1) is 18.8 Å². The van der Waals surface area contributed by atoms with Gasteiger partial charge in [-0.05, 0) is 24.6 Å². The second-order valence-electron chi connectivity index (χ2n) is 4.91. The van der Waals surface area contributed by atoms with E-state index in [1.54, 1.807) is 0 Å². The number of hydrogen-bond acceptors (Lipinski definition) is 3. The number of benzene rings is 1. The van der Waals surface area contributed by atoms with Crippen LogP contribution >= 0.6 is 0 Å². The number of halogens is 1. The molecule has 1 aromatic carbocycles. The third-order valence-electron chi connectivity index (χ3n) is 3.26. The average molecular weight is 291 g/mol. The first kappa shape index (κ1) is 15.5. The van der Waals surface area contributed by atoms with Gasteiger partial charge < -0.3 is 15.2 Å². The Bertz CT molecular complexity index is 556. The van der Waals surface area contributed by atoms with Crippen molar-refractivity contribution in [3.63, 3.8) is 0 Å². The first-order valence-electron chi connectivity index (χ1n) is 6.96. The molecule has 21 heavy (non-hydrogen) atoms. The summed E-state index contributed by atoms with van der Waals surface area (Å²) in [5.74, 6) is 4.82. The van der Waals surface area contributed by atoms with Crippen molar-refractivity contribution < 1.29 is 19.0 Å². The Morgan fingerprint density at radius 1 is 1.52 bits per heavy atom. The molecule has 1 unspecified atom stereocenters. The summed E-state index contributed by atoms with van der Waals surface area (Å²) in [6.45, 7) is 1.81. The van der Waals surface area contributed by atoms with Gasteiger partial charge in [0.25, 0.3) is 5.91 Å². The van der Waals surface area contributed by atoms with E-state index in [4.69, 9.17) is 9.84 Å². The highest BCUT2D eigenvalue weighted by Crippen LogP contribution is 2.13. The van der Waals surface area contributed by atoms with Crippen LogP contribution in [0.25, 0.3) is 0 Å². The Balaban J connectivity index is 2.01. The fourth-order valence-electron chi connectivity index (χ4n) is 2.07. The molecule has 1 aromatic rings. The maximum absolute atomic E-state index is 13.7. The summed E-state index contributed by atoms with van der Waals surface area (Å²) in [7, 11) is 0. The van der Waals surface area contributed by atoms with Crippen molar-refractivity contribution in [1.29, 1.82) is 0 Å². The number of rotatable bonds is 4. The van der Waals surface area contributed by atoms with Gasteiger partial charge in [-0.15, -0.1) is 0 Å². The van der Waals surface area contributed by atoms with E-state index in [2.05, 4.69) is 17.2 Å². The van der Waals surface area contributed by atoms with Crippen LogP contribution in [0.4, 0.5) is 4.39 Å². The predicted octanol–water partition coefficient (Wildman–Crippen LogP) is 1.33. The van der Waals surface area contributed by atoms with Crippen molar-refractivity contribution in [3.05, 3.63) is 35.1 Å². The summed E-state index contributed by atoms with van der Waals surface area (Å²) in [4.78, 5) is 12.0. The van der Waals surface area contributed by atoms with Gasteiger partial charge in [0, 0.05) is 31.1 Å². The van der Waals surface area contributed by atoms with Gasteiger partial charge in [-0.25, -0.2) is 4.39 Å². The zero-order valence-electron chi connectivity index (χ0n) is 11.7. The highest BCUT2D eigenvalue weighted by atomic mass is 19.1. The SMILES string of the molecule is O=C(NCC1CCOC1)c1cc(C#CCCO)ccc1F. The zero-order valence-corrected chi connectivity index (χ0v) is 11.7. The fraction of sp³-hybridized carbons (Fsp3) is 0.438. The van der Waals surface area contributed by atoms with E-state index in [1.165, 1.54) is 18.2 Å². The van der Waals surface area contributed by atoms with Gasteiger partial charge in [-0.2, -0.15) is 0 Å². The van der Waals surface area contributed by atoms with Crippen molar-refractivity contribution >= 4 is 5.91 Å². The van der Waals surface area contributed by atoms with Crippen LogP contribution < -0.4 is 5.32 Å². The molecule has 1 fully saturated rings. The fourth-order valence-corrected chi connectivity index (χ4v) is 2.07. The van der Waals surface area contributed by atoms with Crippen LogP contribution in [-0.2, 0) is 4.74 Å². The van der Waals surface area contributed by atoms with Gasteiger partial charge >= 0.3 is 0 Å². The number of carbonyl (C=O) groups excluding carboxylic acids is 1. The molecule has 0 bridgehead atoms. The van der Waals surface area contributed by atoms with Crippen molar-refractivity contribution in [3.8, 4) is 11.8 Å². The van der Waals surface area contributed by atoms with E-state index in [1.807, 2.05) is 0 Å². The van der Waals surface area contributed by atoms with Gasteiger partial charge in [0.2, 0.25) is 0 Å². The molecular weight excluding hydrogens is 273 g/mol. The summed E-state index contributed by atoms with van der Waals surface area (Å²) in [6, 6.07) is 4.18. The molecule has 1 amide bonds. The molecule has 0 aliphatic carbocycles. The Morgan fingerprint density at radius 3 is 3.10 bits per heavy atom. The van der Waals surface area contributed by atoms with Crippen LogP contribution in [0.3, 0.4) is 0 Å². The molecule has 1 aliphatic rings. The van der Waals surface area contributed by atoms with Gasteiger partial charge in [-0.1, -0.05) is 11.8 Å². The molecule has 1 aliphatic heterocycles. The first-order valence-corrected chi connectivity index (χ1v) is 6.96. The molecule has 2 rings (SSSR count). The molecule has 0 aromatic heterocycles. The van der Waals surface area contributed by atoms with Crippen LogP contribution in [0.1, 0.15) is 28.8 Å². The van der Waals surface area contributed by atoms with Crippen LogP contribution in [0, 0.1) is 23.6 Å². The third-order valence-corrected chi connectivity index (χ3v) is 3.26. The maximum Gasteiger partial charge on any atom is 0.254 e. The minimum atomic E-state index is -0.567. The van der Waals surface area contributed by atoms with E-state index in [0.717, 1.165) is 6.42 Å². The second-order valence-corrected chi connectivity index (χ2v) is 4.91. The predicted molar refractivity (Wildman–Crippen MR) is 76.2 cm³/mol. The number of nitrogens with one attached hydrogen (secondary N) is 1. The van der Waals surface area contributed by atoms with Crippen molar-refractivity contribution in [2.24, 2.45) is 5.92 Å². The summed E-state index contributed by atoms with van der Waals surface area (Å²) in [5, 5.41) is 11.4. The van der Waals surface area contributed by atoms with Crippen LogP contribution in [0.5, 0.6) is 0 Å². The molecule has 0 radical (unpaired) electrons. The van der Waals surface area contributed by atoms with E-state index >= 15 is 0 Å². The number of ether oxygens (including phenoxy) is 1. The zero-order chi connectivity index (χ0) is 15.1. The molecule has 0 spiro atoms. The minimum Gasteiger partial charge on any atom is -0.395 e. The Labute approximate surface area is 123 Å². The van der Waals surface area contributed by atoms with E-state index in [9.17, 15) is 9.18 Å². The highest BCUT2D eigenvalue weighted by Gasteiger charge is 2.18. The van der Waals surface area contributed by atoms with Crippen LogP contribution in [-0.4, -0.2) is 37.4 Å². The monoisotopic (exact) mass is 291 g/mol. The molecule has 4 nitrogen and oxygen atoms in total. The van der Waals surface area contributed by atoms with Gasteiger partial charge in [0.15, 0.2) is 0 Å². The number of hydrogen-bond donors (Lipinski definition) is 2. The van der Waals surface area contributed by atoms with Crippen molar-refractivity contribution in [2.45, 2.75) is 12.8 Å². The maximum atomic E-state index is 13.7. The molecule has 0 saturated carbocycles. The standard InChI is InChI=1S/C16H18FNO3/c17-15-5-4-12(3-1-2-7-19)9-14(15)16(20)18-10-13-6-8-21-11-13/h4-5,9,13,19H,2,6-8,10-11H2,(H,18,20). The van der Waals surface area contributed by atoms with Crippen molar-refractivity contribution in [2.75, 3.05) is 26.4 Å². The Morgan fingerprint density at radius 2 is 2.38 bits per heavy atom. The van der Waals surface area contributed by atoms with E-state index < -0.39 is 11.7 Å². The summed E-state index contributed by atoms with van der Waals surface area (Å²) in [6.07, 6.45) is 1.26. The molecule has 5 heteroatoms. The minimum absolute atomic E-state index is 0.00952. The van der Waals surface area contributed by atoms with Crippen LogP contribution in [0.15, 0.2) is 18.2 Å². The summed E-state index contributed by atoms with van der Waals surface area (Å²) in [5.41, 5.74) is 0.545. The lowest BCUT2D eigenvalue weighted by atomic mass is 10.1. The lowest BCUT2D eigenvalue weighted by Gasteiger charge is -2.10. The summed E-state index contributed by atoms with van der Waals surface area (Å²) < 4.78 is 19.0. The normalized spacial score (nSPS) is 17.1. The van der Waals surface area contributed by atoms with E-state index in [-0.39, 0.29) is 12.2 Å². The lowest BCUT2D eigenvalue weighted by molar-refractivity contribution is 0.0941. The number of aliphatic hydroxyl groups excluding tert-OH is 1. The largest absolute Gasteiger partial charge is 0.395 e. The Hall–Kier alpha value is -1.90. The smallest absolute Gasteiger partial charge is 0.254 e. The second kappa shape index (κ2) is 7.77. The lowest BCUT2D eigenvalue weighted by Crippen LogP contribution is -2.30. The van der Waals surface area contributed by atoms with Crippen LogP contribution in [0.2, 0.25) is 0 Å². The third kappa shape index (κ3) is 4.55.